The second kappa shape index (κ2) is 7.06. The third-order valence-corrected chi connectivity index (χ3v) is 2.07. The van der Waals surface area contributed by atoms with Crippen LogP contribution < -0.4 is 0 Å². The smallest absolute Gasteiger partial charge is 0.270 e. The molecule has 1 aromatic rings. The molecule has 1 aliphatic heterocycles. The van der Waals surface area contributed by atoms with Crippen LogP contribution in [0.25, 0.3) is 0 Å². The number of amides is 1. The molecule has 0 unspecified atom stereocenters. The van der Waals surface area contributed by atoms with E-state index in [2.05, 4.69) is 0 Å². The Morgan fingerprint density at radius 1 is 1.27 bits per heavy atom. The first-order chi connectivity index (χ1) is 7.29. The fraction of sp³-hybridized carbons (Fsp3) is 0.545. The first-order valence-electron chi connectivity index (χ1n) is 5.14. The largest absolute Gasteiger partial charge is 0.400 e. The molecule has 0 aromatic carbocycles. The Kier molecular flexibility index (Phi) is 6.45. The van der Waals surface area contributed by atoms with E-state index in [1.807, 2.05) is 43.8 Å². The maximum absolute atomic E-state index is 11.4. The maximum atomic E-state index is 11.4. The molecule has 0 radical (unpaired) electrons. The van der Waals surface area contributed by atoms with E-state index in [9.17, 15) is 4.79 Å². The number of carbonyl (C=O) groups excluding carboxylic acids is 1. The lowest BCUT2D eigenvalue weighted by Crippen LogP contribution is -2.36. The van der Waals surface area contributed by atoms with Crippen LogP contribution in [0.3, 0.4) is 0 Å². The van der Waals surface area contributed by atoms with E-state index in [4.69, 9.17) is 5.11 Å². The molecule has 1 aromatic heterocycles. The van der Waals surface area contributed by atoms with Crippen molar-refractivity contribution >= 4 is 5.91 Å². The Morgan fingerprint density at radius 2 is 1.87 bits per heavy atom. The summed E-state index contributed by atoms with van der Waals surface area (Å²) in [6, 6.07) is 3.77. The minimum absolute atomic E-state index is 0.126. The van der Waals surface area contributed by atoms with Gasteiger partial charge in [-0.2, -0.15) is 0 Å². The minimum atomic E-state index is 0.126. The number of aliphatic hydroxyl groups excluding tert-OH is 1. The molecule has 4 heteroatoms. The van der Waals surface area contributed by atoms with Crippen molar-refractivity contribution in [1.82, 2.24) is 9.47 Å². The van der Waals surface area contributed by atoms with Crippen molar-refractivity contribution in [1.29, 1.82) is 0 Å². The fourth-order valence-electron chi connectivity index (χ4n) is 1.36. The number of aromatic nitrogens is 1. The lowest BCUT2D eigenvalue weighted by atomic mass is 10.3. The van der Waals surface area contributed by atoms with Gasteiger partial charge in [-0.3, -0.25) is 4.79 Å². The number of likely N-dealkylation sites (N-methyl/N-ethyl adjacent to an activating group) is 1. The molecule has 1 aliphatic rings. The van der Waals surface area contributed by atoms with Gasteiger partial charge < -0.3 is 14.6 Å². The summed E-state index contributed by atoms with van der Waals surface area (Å²) in [5.41, 5.74) is 0.804. The molecule has 0 saturated carbocycles. The van der Waals surface area contributed by atoms with Gasteiger partial charge in [0, 0.05) is 33.4 Å². The number of hydrogen-bond acceptors (Lipinski definition) is 2. The van der Waals surface area contributed by atoms with Crippen LogP contribution in [0, 0.1) is 0 Å². The number of fused-ring (bicyclic) bond motifs is 1. The van der Waals surface area contributed by atoms with Gasteiger partial charge in [0.25, 0.3) is 5.91 Å². The molecule has 86 valence electrons. The van der Waals surface area contributed by atoms with Gasteiger partial charge in [0.1, 0.15) is 5.69 Å². The Hall–Kier alpha value is -1.29. The standard InChI is InChI=1S/C8H10N2O.C2H6.CH4O/c1-9-5-6-10-4-2-3-7(10)8(9)11;2*1-2/h2-4H,5-6H2,1H3;1-2H3;2H,1H3. The first kappa shape index (κ1) is 13.7. The van der Waals surface area contributed by atoms with Crippen LogP contribution in [0.15, 0.2) is 18.3 Å². The average molecular weight is 212 g/mol. The zero-order chi connectivity index (χ0) is 11.8. The molecule has 15 heavy (non-hydrogen) atoms. The zero-order valence-corrected chi connectivity index (χ0v) is 9.90. The molecule has 1 amide bonds. The highest BCUT2D eigenvalue weighted by atomic mass is 16.2. The van der Waals surface area contributed by atoms with Crippen molar-refractivity contribution in [3.8, 4) is 0 Å². The van der Waals surface area contributed by atoms with Crippen molar-refractivity contribution in [3.05, 3.63) is 24.0 Å². The molecule has 0 saturated heterocycles. The van der Waals surface area contributed by atoms with E-state index < -0.39 is 0 Å². The van der Waals surface area contributed by atoms with Crippen molar-refractivity contribution in [2.45, 2.75) is 20.4 Å². The van der Waals surface area contributed by atoms with Gasteiger partial charge in [0.15, 0.2) is 0 Å². The molecule has 0 bridgehead atoms. The summed E-state index contributed by atoms with van der Waals surface area (Å²) in [6.07, 6.45) is 1.94. The average Bonchev–Trinajstić information content (AvgIpc) is 2.78. The molecule has 2 rings (SSSR count). The number of hydrogen-bond donors (Lipinski definition) is 1. The van der Waals surface area contributed by atoms with E-state index in [1.54, 1.807) is 4.90 Å². The van der Waals surface area contributed by atoms with Crippen LogP contribution in [0.2, 0.25) is 0 Å². The molecule has 1 N–H and O–H groups in total. The second-order valence-corrected chi connectivity index (χ2v) is 2.81. The van der Waals surface area contributed by atoms with Gasteiger partial charge in [-0.05, 0) is 12.1 Å². The summed E-state index contributed by atoms with van der Waals surface area (Å²) in [7, 11) is 2.83. The van der Waals surface area contributed by atoms with Crippen LogP contribution in [0.1, 0.15) is 24.3 Å². The van der Waals surface area contributed by atoms with Crippen LogP contribution in [0.5, 0.6) is 0 Å². The summed E-state index contributed by atoms with van der Waals surface area (Å²) in [6.45, 7) is 5.74. The van der Waals surface area contributed by atoms with E-state index in [0.717, 1.165) is 25.9 Å². The highest BCUT2D eigenvalue weighted by Gasteiger charge is 2.19. The van der Waals surface area contributed by atoms with Gasteiger partial charge in [0.05, 0.1) is 0 Å². The van der Waals surface area contributed by atoms with Gasteiger partial charge in [-0.25, -0.2) is 0 Å². The highest BCUT2D eigenvalue weighted by molar-refractivity contribution is 5.93. The summed E-state index contributed by atoms with van der Waals surface area (Å²) in [5.74, 6) is 0.126. The van der Waals surface area contributed by atoms with Crippen molar-refractivity contribution in [3.63, 3.8) is 0 Å². The minimum Gasteiger partial charge on any atom is -0.400 e. The monoisotopic (exact) mass is 212 g/mol. The van der Waals surface area contributed by atoms with E-state index in [-0.39, 0.29) is 5.91 Å². The third kappa shape index (κ3) is 3.09. The first-order valence-corrected chi connectivity index (χ1v) is 5.14. The maximum Gasteiger partial charge on any atom is 0.270 e. The zero-order valence-electron chi connectivity index (χ0n) is 9.90. The molecule has 0 aliphatic carbocycles. The van der Waals surface area contributed by atoms with Gasteiger partial charge >= 0.3 is 0 Å². The highest BCUT2D eigenvalue weighted by Crippen LogP contribution is 2.10. The predicted octanol–water partition coefficient (Wildman–Crippen LogP) is 1.21. The van der Waals surface area contributed by atoms with Crippen molar-refractivity contribution < 1.29 is 9.90 Å². The van der Waals surface area contributed by atoms with Gasteiger partial charge in [-0.1, -0.05) is 13.8 Å². The number of carbonyl (C=O) groups is 1. The molecule has 4 nitrogen and oxygen atoms in total. The summed E-state index contributed by atoms with van der Waals surface area (Å²) >= 11 is 0. The van der Waals surface area contributed by atoms with Gasteiger partial charge in [0.2, 0.25) is 0 Å². The topological polar surface area (TPSA) is 45.5 Å². The van der Waals surface area contributed by atoms with Crippen LogP contribution in [-0.4, -0.2) is 41.2 Å². The lowest BCUT2D eigenvalue weighted by Gasteiger charge is -2.24. The van der Waals surface area contributed by atoms with Gasteiger partial charge in [-0.15, -0.1) is 0 Å². The van der Waals surface area contributed by atoms with Crippen molar-refractivity contribution in [2.75, 3.05) is 20.7 Å². The SMILES string of the molecule is CC.CN1CCn2cccc2C1=O.CO. The number of aliphatic hydroxyl groups is 1. The van der Waals surface area contributed by atoms with Crippen LogP contribution >= 0.6 is 0 Å². The number of rotatable bonds is 0. The van der Waals surface area contributed by atoms with Crippen LogP contribution in [-0.2, 0) is 6.54 Å². The molecule has 0 spiro atoms. The summed E-state index contributed by atoms with van der Waals surface area (Å²) < 4.78 is 1.99. The normalized spacial score (nSPS) is 13.1. The summed E-state index contributed by atoms with van der Waals surface area (Å²) in [5, 5.41) is 7.00. The third-order valence-electron chi connectivity index (χ3n) is 2.07. The Morgan fingerprint density at radius 3 is 2.47 bits per heavy atom. The molecule has 0 fully saturated rings. The number of nitrogens with zero attached hydrogens (tertiary/aromatic N) is 2. The van der Waals surface area contributed by atoms with E-state index >= 15 is 0 Å². The quantitative estimate of drug-likeness (QED) is 0.702. The Labute approximate surface area is 91.1 Å². The molecule has 2 heterocycles. The second-order valence-electron chi connectivity index (χ2n) is 2.81. The Bertz CT molecular complexity index is 295. The van der Waals surface area contributed by atoms with E-state index in [1.165, 1.54) is 0 Å². The molecule has 0 atom stereocenters. The predicted molar refractivity (Wildman–Crippen MR) is 60.9 cm³/mol. The lowest BCUT2D eigenvalue weighted by molar-refractivity contribution is 0.0749. The molecular weight excluding hydrogens is 192 g/mol. The fourth-order valence-corrected chi connectivity index (χ4v) is 1.36. The molecular formula is C11H20N2O2. The van der Waals surface area contributed by atoms with E-state index in [0.29, 0.717) is 0 Å². The Balaban J connectivity index is 0.000000442. The van der Waals surface area contributed by atoms with Crippen molar-refractivity contribution in [2.24, 2.45) is 0 Å². The summed E-state index contributed by atoms with van der Waals surface area (Å²) in [4.78, 5) is 13.1. The van der Waals surface area contributed by atoms with Crippen LogP contribution in [0.4, 0.5) is 0 Å².